The summed E-state index contributed by atoms with van der Waals surface area (Å²) in [4.78, 5) is 28.2. The van der Waals surface area contributed by atoms with Gasteiger partial charge in [-0.2, -0.15) is 0 Å². The van der Waals surface area contributed by atoms with Gasteiger partial charge in [0, 0.05) is 54.4 Å². The van der Waals surface area contributed by atoms with Gasteiger partial charge in [-0.1, -0.05) is 42.0 Å². The van der Waals surface area contributed by atoms with Gasteiger partial charge in [-0.15, -0.1) is 0 Å². The van der Waals surface area contributed by atoms with Crippen molar-refractivity contribution in [3.05, 3.63) is 74.7 Å². The molecule has 1 aromatic heterocycles. The van der Waals surface area contributed by atoms with Crippen molar-refractivity contribution in [1.82, 2.24) is 14.8 Å². The summed E-state index contributed by atoms with van der Waals surface area (Å²) in [6.07, 6.45) is 3.66. The van der Waals surface area contributed by atoms with E-state index in [1.807, 2.05) is 62.4 Å². The third kappa shape index (κ3) is 3.73. The van der Waals surface area contributed by atoms with Crippen LogP contribution in [-0.2, 0) is 17.9 Å². The molecule has 2 aromatic rings. The van der Waals surface area contributed by atoms with E-state index >= 15 is 0 Å². The van der Waals surface area contributed by atoms with Crippen LogP contribution in [0.3, 0.4) is 0 Å². The van der Waals surface area contributed by atoms with Crippen LogP contribution in [0.15, 0.2) is 47.3 Å². The van der Waals surface area contributed by atoms with E-state index in [0.717, 1.165) is 11.3 Å². The van der Waals surface area contributed by atoms with Crippen molar-refractivity contribution in [2.45, 2.75) is 39.0 Å². The van der Waals surface area contributed by atoms with Gasteiger partial charge in [0.05, 0.1) is 12.1 Å². The Balaban J connectivity index is 1.81. The fourth-order valence-electron chi connectivity index (χ4n) is 5.21. The first-order chi connectivity index (χ1) is 15.0. The number of benzene rings is 1. The first kappa shape index (κ1) is 21.8. The quantitative estimate of drug-likeness (QED) is 0.722. The lowest BCUT2D eigenvalue weighted by molar-refractivity contribution is -0.127. The molecule has 164 valence electrons. The average Bonchev–Trinajstić information content (AvgIpc) is 3.27. The molecule has 2 aliphatic heterocycles. The third-order valence-electron chi connectivity index (χ3n) is 6.50. The van der Waals surface area contributed by atoms with Gasteiger partial charge in [0.2, 0.25) is 5.91 Å². The number of nitrogens with zero attached hydrogens (tertiary/aromatic N) is 2. The normalized spacial score (nSPS) is 25.0. The van der Waals surface area contributed by atoms with Gasteiger partial charge in [0.1, 0.15) is 0 Å². The molecule has 7 heteroatoms. The number of allylic oxidation sites excluding steroid dienone is 1. The second-order valence-corrected chi connectivity index (χ2v) is 8.59. The van der Waals surface area contributed by atoms with E-state index in [9.17, 15) is 14.7 Å². The van der Waals surface area contributed by atoms with Gasteiger partial charge < -0.3 is 15.0 Å². The topological polar surface area (TPSA) is 74.6 Å². The number of hydrogen-bond acceptors (Lipinski definition) is 4. The number of halogens is 1. The number of likely N-dealkylation sites (tertiary alicyclic amines) is 1. The summed E-state index contributed by atoms with van der Waals surface area (Å²) in [5.74, 6) is -0.403. The number of fused-ring (bicyclic) bond motifs is 3. The number of aliphatic hydroxyl groups excluding tert-OH is 1. The van der Waals surface area contributed by atoms with Crippen LogP contribution < -0.4 is 10.9 Å². The lowest BCUT2D eigenvalue weighted by Crippen LogP contribution is -2.48. The summed E-state index contributed by atoms with van der Waals surface area (Å²) in [5.41, 5.74) is 2.42. The van der Waals surface area contributed by atoms with E-state index in [0.29, 0.717) is 30.2 Å². The average molecular weight is 442 g/mol. The highest BCUT2D eigenvalue weighted by atomic mass is 35.5. The molecule has 4 rings (SSSR count). The summed E-state index contributed by atoms with van der Waals surface area (Å²) in [6, 6.07) is 10.8. The van der Waals surface area contributed by atoms with Gasteiger partial charge in [-0.3, -0.25) is 14.5 Å². The summed E-state index contributed by atoms with van der Waals surface area (Å²) >= 11 is 6.45. The molecular weight excluding hydrogens is 414 g/mol. The number of nitrogens with one attached hydrogen (secondary N) is 1. The Kier molecular flexibility index (Phi) is 6.32. The molecular formula is C24H28ClN3O3. The monoisotopic (exact) mass is 441 g/mol. The molecule has 4 atom stereocenters. The zero-order chi connectivity index (χ0) is 22.1. The van der Waals surface area contributed by atoms with E-state index in [-0.39, 0.29) is 36.0 Å². The molecule has 0 spiro atoms. The summed E-state index contributed by atoms with van der Waals surface area (Å²) in [6.45, 7) is 5.13. The van der Waals surface area contributed by atoms with Gasteiger partial charge >= 0.3 is 0 Å². The van der Waals surface area contributed by atoms with Crippen molar-refractivity contribution >= 4 is 23.6 Å². The molecule has 31 heavy (non-hydrogen) atoms. The Morgan fingerprint density at radius 2 is 2.06 bits per heavy atom. The minimum absolute atomic E-state index is 0.0334. The van der Waals surface area contributed by atoms with Crippen LogP contribution >= 0.6 is 11.6 Å². The van der Waals surface area contributed by atoms with E-state index < -0.39 is 6.04 Å². The first-order valence-corrected chi connectivity index (χ1v) is 11.1. The number of pyridine rings is 1. The van der Waals surface area contributed by atoms with Crippen LogP contribution in [0.2, 0.25) is 5.02 Å². The van der Waals surface area contributed by atoms with Crippen LogP contribution in [0.5, 0.6) is 0 Å². The van der Waals surface area contributed by atoms with Crippen LogP contribution in [0, 0.1) is 11.8 Å². The lowest BCUT2D eigenvalue weighted by atomic mass is 9.88. The minimum atomic E-state index is -0.490. The second kappa shape index (κ2) is 8.99. The van der Waals surface area contributed by atoms with Crippen LogP contribution in [0.1, 0.15) is 36.7 Å². The van der Waals surface area contributed by atoms with Crippen molar-refractivity contribution < 1.29 is 9.90 Å². The molecule has 0 radical (unpaired) electrons. The number of likely N-dealkylation sites (N-methyl/N-ethyl adjacent to an activating group) is 1. The molecule has 0 bridgehead atoms. The largest absolute Gasteiger partial charge is 0.396 e. The number of carbonyl (C=O) groups excluding carboxylic acids is 1. The van der Waals surface area contributed by atoms with E-state index in [4.69, 9.17) is 11.6 Å². The second-order valence-electron chi connectivity index (χ2n) is 8.19. The molecule has 2 N–H and O–H groups in total. The van der Waals surface area contributed by atoms with Crippen LogP contribution in [-0.4, -0.2) is 39.7 Å². The van der Waals surface area contributed by atoms with Crippen molar-refractivity contribution in [3.63, 3.8) is 0 Å². The molecule has 3 heterocycles. The fraction of sp³-hybridized carbons (Fsp3) is 0.417. The molecule has 1 amide bonds. The van der Waals surface area contributed by atoms with E-state index in [2.05, 4.69) is 10.2 Å². The van der Waals surface area contributed by atoms with E-state index in [1.54, 1.807) is 4.57 Å². The Morgan fingerprint density at radius 1 is 1.29 bits per heavy atom. The van der Waals surface area contributed by atoms with Crippen LogP contribution in [0.25, 0.3) is 6.08 Å². The van der Waals surface area contributed by atoms with Crippen molar-refractivity contribution in [2.24, 2.45) is 11.8 Å². The predicted octanol–water partition coefficient (Wildman–Crippen LogP) is 2.83. The first-order valence-electron chi connectivity index (χ1n) is 10.8. The smallest absolute Gasteiger partial charge is 0.258 e. The summed E-state index contributed by atoms with van der Waals surface area (Å²) < 4.78 is 1.81. The third-order valence-corrected chi connectivity index (χ3v) is 6.87. The van der Waals surface area contributed by atoms with Gasteiger partial charge in [0.25, 0.3) is 5.56 Å². The Bertz CT molecular complexity index is 1060. The molecule has 6 nitrogen and oxygen atoms in total. The zero-order valence-electron chi connectivity index (χ0n) is 17.8. The Hall–Kier alpha value is -2.41. The maximum Gasteiger partial charge on any atom is 0.258 e. The molecule has 1 saturated heterocycles. The van der Waals surface area contributed by atoms with Crippen molar-refractivity contribution in [1.29, 1.82) is 0 Å². The summed E-state index contributed by atoms with van der Waals surface area (Å²) in [7, 11) is 0. The molecule has 0 aliphatic carbocycles. The fourth-order valence-corrected chi connectivity index (χ4v) is 5.41. The van der Waals surface area contributed by atoms with Gasteiger partial charge in [-0.25, -0.2) is 0 Å². The zero-order valence-corrected chi connectivity index (χ0v) is 18.5. The number of hydrogen-bond donors (Lipinski definition) is 2. The maximum absolute atomic E-state index is 13.1. The Labute approximate surface area is 187 Å². The van der Waals surface area contributed by atoms with Gasteiger partial charge in [0.15, 0.2) is 0 Å². The van der Waals surface area contributed by atoms with E-state index in [1.165, 1.54) is 0 Å². The van der Waals surface area contributed by atoms with Crippen LogP contribution in [0.4, 0.5) is 0 Å². The highest BCUT2D eigenvalue weighted by molar-refractivity contribution is 6.31. The predicted molar refractivity (Wildman–Crippen MR) is 122 cm³/mol. The van der Waals surface area contributed by atoms with Crippen molar-refractivity contribution in [2.75, 3.05) is 13.2 Å². The molecule has 0 saturated carbocycles. The number of carbonyl (C=O) groups is 1. The lowest BCUT2D eigenvalue weighted by Gasteiger charge is -2.31. The number of aromatic nitrogens is 1. The van der Waals surface area contributed by atoms with Gasteiger partial charge in [-0.05, 0) is 37.6 Å². The number of aliphatic hydroxyl groups is 1. The summed E-state index contributed by atoms with van der Waals surface area (Å²) in [5, 5.41) is 13.9. The van der Waals surface area contributed by atoms with Crippen molar-refractivity contribution in [3.8, 4) is 0 Å². The molecule has 1 fully saturated rings. The molecule has 2 aliphatic rings. The maximum atomic E-state index is 13.1. The minimum Gasteiger partial charge on any atom is -0.396 e. The molecule has 0 unspecified atom stereocenters. The number of amides is 1. The SMILES string of the molecule is C/C=C/c1ccc2n(c1=O)C[C@H]1[C@H](CO)[C@@H](C(=O)NCC)N(Cc3ccccc3Cl)[C@@H]21. The Morgan fingerprint density at radius 3 is 2.74 bits per heavy atom. The standard InChI is InChI=1S/C24H28ClN3O3/c1-3-7-15-10-11-20-21-17(13-27(20)24(15)31)18(14-29)22(23(30)26-4-2)28(21)12-16-8-5-6-9-19(16)25/h3,5-11,17-18,21-22,29H,4,12-14H2,1-2H3,(H,26,30)/b7-3+/t17-,18-,21+,22-/m0/s1. The molecule has 1 aromatic carbocycles. The highest BCUT2D eigenvalue weighted by Gasteiger charge is 2.55. The highest BCUT2D eigenvalue weighted by Crippen LogP contribution is 2.50. The number of rotatable bonds is 6.